The van der Waals surface area contributed by atoms with Gasteiger partial charge in [0.1, 0.15) is 0 Å². The predicted octanol–water partition coefficient (Wildman–Crippen LogP) is 3.33. The van der Waals surface area contributed by atoms with Gasteiger partial charge < -0.3 is 9.79 Å². The minimum atomic E-state index is -4.06. The molecule has 0 aromatic rings. The SMILES string of the molecule is CCC(C)(CC)C(C=C(C)C)P(=O)(O)O. The second kappa shape index (κ2) is 5.29. The van der Waals surface area contributed by atoms with Crippen molar-refractivity contribution in [3.05, 3.63) is 11.6 Å². The highest BCUT2D eigenvalue weighted by Gasteiger charge is 2.40. The predicted molar refractivity (Wildman–Crippen MR) is 64.0 cm³/mol. The summed E-state index contributed by atoms with van der Waals surface area (Å²) in [7, 11) is -4.06. The average molecular weight is 234 g/mol. The molecule has 2 N–H and O–H groups in total. The molecule has 90 valence electrons. The Hall–Kier alpha value is -0.110. The fourth-order valence-electron chi connectivity index (χ4n) is 1.69. The standard InChI is InChI=1S/C11H23O3P/c1-6-11(5,7-2)10(8-9(3)4)15(12,13)14/h8,10H,6-7H2,1-5H3,(H2,12,13,14). The molecule has 15 heavy (non-hydrogen) atoms. The Morgan fingerprint density at radius 1 is 1.33 bits per heavy atom. The molecule has 0 saturated carbocycles. The second-order valence-electron chi connectivity index (χ2n) is 4.64. The summed E-state index contributed by atoms with van der Waals surface area (Å²) in [4.78, 5) is 18.8. The van der Waals surface area contributed by atoms with Gasteiger partial charge >= 0.3 is 7.60 Å². The molecular formula is C11H23O3P. The van der Waals surface area contributed by atoms with Crippen molar-refractivity contribution in [1.29, 1.82) is 0 Å². The minimum absolute atomic E-state index is 0.323. The summed E-state index contributed by atoms with van der Waals surface area (Å²) in [6.07, 6.45) is 3.25. The van der Waals surface area contributed by atoms with Gasteiger partial charge in [-0.2, -0.15) is 0 Å². The summed E-state index contributed by atoms with van der Waals surface area (Å²) in [5.41, 5.74) is -0.0301. The number of allylic oxidation sites excluding steroid dienone is 2. The van der Waals surface area contributed by atoms with E-state index in [4.69, 9.17) is 0 Å². The number of rotatable bonds is 5. The Bertz CT molecular complexity index is 270. The summed E-state index contributed by atoms with van der Waals surface area (Å²) in [6, 6.07) is 0. The monoisotopic (exact) mass is 234 g/mol. The van der Waals surface area contributed by atoms with Crippen LogP contribution in [0.25, 0.3) is 0 Å². The highest BCUT2D eigenvalue weighted by atomic mass is 31.2. The third-order valence-corrected chi connectivity index (χ3v) is 4.68. The molecule has 0 aliphatic carbocycles. The second-order valence-corrected chi connectivity index (χ2v) is 6.37. The molecule has 0 aliphatic heterocycles. The van der Waals surface area contributed by atoms with Gasteiger partial charge in [0.05, 0.1) is 5.66 Å². The van der Waals surface area contributed by atoms with Crippen LogP contribution in [0.3, 0.4) is 0 Å². The lowest BCUT2D eigenvalue weighted by molar-refractivity contribution is 0.262. The summed E-state index contributed by atoms with van der Waals surface area (Å²) < 4.78 is 11.5. The molecule has 4 heteroatoms. The Balaban J connectivity index is 5.29. The van der Waals surface area contributed by atoms with E-state index < -0.39 is 13.3 Å². The summed E-state index contributed by atoms with van der Waals surface area (Å²) in [6.45, 7) is 9.63. The molecule has 0 amide bonds. The fraction of sp³-hybridized carbons (Fsp3) is 0.818. The van der Waals surface area contributed by atoms with Crippen molar-refractivity contribution in [2.45, 2.75) is 53.1 Å². The van der Waals surface area contributed by atoms with Crippen molar-refractivity contribution < 1.29 is 14.4 Å². The number of hydrogen-bond donors (Lipinski definition) is 2. The molecule has 0 aromatic carbocycles. The van der Waals surface area contributed by atoms with Crippen molar-refractivity contribution in [2.24, 2.45) is 5.41 Å². The molecular weight excluding hydrogens is 211 g/mol. The van der Waals surface area contributed by atoms with E-state index in [1.165, 1.54) is 0 Å². The molecule has 0 aliphatic rings. The molecule has 0 aromatic heterocycles. The Kier molecular flexibility index (Phi) is 5.25. The van der Waals surface area contributed by atoms with E-state index in [0.717, 1.165) is 18.4 Å². The van der Waals surface area contributed by atoms with Crippen LogP contribution in [0, 0.1) is 5.41 Å². The third-order valence-electron chi connectivity index (χ3n) is 3.18. The molecule has 3 nitrogen and oxygen atoms in total. The quantitative estimate of drug-likeness (QED) is 0.566. The van der Waals surface area contributed by atoms with Gasteiger partial charge in [0.2, 0.25) is 0 Å². The van der Waals surface area contributed by atoms with Crippen molar-refractivity contribution in [3.63, 3.8) is 0 Å². The summed E-state index contributed by atoms with van der Waals surface area (Å²) in [5, 5.41) is 0. The Morgan fingerprint density at radius 2 is 1.73 bits per heavy atom. The van der Waals surface area contributed by atoms with Crippen LogP contribution < -0.4 is 0 Å². The van der Waals surface area contributed by atoms with Gasteiger partial charge in [-0.3, -0.25) is 4.57 Å². The van der Waals surface area contributed by atoms with E-state index in [2.05, 4.69) is 0 Å². The van der Waals surface area contributed by atoms with Crippen LogP contribution in [0.2, 0.25) is 0 Å². The highest BCUT2D eigenvalue weighted by Crippen LogP contribution is 2.53. The normalized spacial score (nSPS) is 14.9. The Labute approximate surface area is 92.8 Å². The van der Waals surface area contributed by atoms with E-state index in [-0.39, 0.29) is 5.41 Å². The molecule has 0 spiro atoms. The fourth-order valence-corrected chi connectivity index (χ4v) is 3.36. The lowest BCUT2D eigenvalue weighted by Gasteiger charge is -2.35. The van der Waals surface area contributed by atoms with Crippen LogP contribution in [-0.2, 0) is 4.57 Å². The summed E-state index contributed by atoms with van der Waals surface area (Å²) in [5.74, 6) is 0. The molecule has 0 radical (unpaired) electrons. The largest absolute Gasteiger partial charge is 0.332 e. The van der Waals surface area contributed by atoms with Crippen LogP contribution in [0.4, 0.5) is 0 Å². The van der Waals surface area contributed by atoms with Crippen molar-refractivity contribution in [3.8, 4) is 0 Å². The lowest BCUT2D eigenvalue weighted by atomic mass is 9.80. The van der Waals surface area contributed by atoms with Crippen molar-refractivity contribution in [1.82, 2.24) is 0 Å². The van der Waals surface area contributed by atoms with Crippen LogP contribution in [-0.4, -0.2) is 15.4 Å². The van der Waals surface area contributed by atoms with E-state index in [0.29, 0.717) is 0 Å². The first-order chi connectivity index (χ1) is 6.67. The maximum absolute atomic E-state index is 11.5. The molecule has 0 heterocycles. The molecule has 1 atom stereocenters. The first-order valence-corrected chi connectivity index (χ1v) is 7.05. The van der Waals surface area contributed by atoms with Gasteiger partial charge in [0, 0.05) is 0 Å². The smallest absolute Gasteiger partial charge is 0.324 e. The van der Waals surface area contributed by atoms with E-state index in [1.807, 2.05) is 34.6 Å². The molecule has 0 bridgehead atoms. The van der Waals surface area contributed by atoms with Gasteiger partial charge in [-0.05, 0) is 32.1 Å². The van der Waals surface area contributed by atoms with Gasteiger partial charge in [-0.25, -0.2) is 0 Å². The van der Waals surface area contributed by atoms with Crippen LogP contribution in [0.1, 0.15) is 47.5 Å². The van der Waals surface area contributed by atoms with E-state index in [9.17, 15) is 14.4 Å². The number of hydrogen-bond acceptors (Lipinski definition) is 1. The molecule has 0 rings (SSSR count). The lowest BCUT2D eigenvalue weighted by Crippen LogP contribution is -2.30. The van der Waals surface area contributed by atoms with Crippen LogP contribution in [0.5, 0.6) is 0 Å². The maximum atomic E-state index is 11.5. The zero-order valence-electron chi connectivity index (χ0n) is 10.3. The van der Waals surface area contributed by atoms with Crippen LogP contribution >= 0.6 is 7.60 Å². The minimum Gasteiger partial charge on any atom is -0.324 e. The van der Waals surface area contributed by atoms with Gasteiger partial charge in [0.15, 0.2) is 0 Å². The van der Waals surface area contributed by atoms with Crippen molar-refractivity contribution in [2.75, 3.05) is 0 Å². The highest BCUT2D eigenvalue weighted by molar-refractivity contribution is 7.52. The first-order valence-electron chi connectivity index (χ1n) is 5.37. The molecule has 1 unspecified atom stereocenters. The van der Waals surface area contributed by atoms with E-state index >= 15 is 0 Å². The molecule has 0 fully saturated rings. The zero-order valence-corrected chi connectivity index (χ0v) is 11.2. The van der Waals surface area contributed by atoms with Gasteiger partial charge in [0.25, 0.3) is 0 Å². The molecule has 0 saturated heterocycles. The summed E-state index contributed by atoms with van der Waals surface area (Å²) >= 11 is 0. The maximum Gasteiger partial charge on any atom is 0.332 e. The van der Waals surface area contributed by atoms with E-state index in [1.54, 1.807) is 6.08 Å². The van der Waals surface area contributed by atoms with Crippen LogP contribution in [0.15, 0.2) is 11.6 Å². The Morgan fingerprint density at radius 3 is 1.93 bits per heavy atom. The first kappa shape index (κ1) is 14.9. The van der Waals surface area contributed by atoms with Crippen molar-refractivity contribution >= 4 is 7.60 Å². The zero-order chi connectivity index (χ0) is 12.3. The topological polar surface area (TPSA) is 57.5 Å². The van der Waals surface area contributed by atoms with Gasteiger partial charge in [-0.1, -0.05) is 32.4 Å². The average Bonchev–Trinajstić information content (AvgIpc) is 2.11. The van der Waals surface area contributed by atoms with Gasteiger partial charge in [-0.15, -0.1) is 0 Å². The third kappa shape index (κ3) is 4.10.